The summed E-state index contributed by atoms with van der Waals surface area (Å²) in [7, 11) is 0. The molecule has 0 aliphatic heterocycles. The van der Waals surface area contributed by atoms with Gasteiger partial charge < -0.3 is 9.13 Å². The third kappa shape index (κ3) is 5.22. The highest BCUT2D eigenvalue weighted by Crippen LogP contribution is 2.48. The number of para-hydroxylation sites is 2. The molecule has 0 aliphatic rings. The van der Waals surface area contributed by atoms with Crippen LogP contribution in [0.2, 0.25) is 0 Å². The monoisotopic (exact) mass is 740 g/mol. The Morgan fingerprint density at radius 3 is 1.38 bits per heavy atom. The zero-order chi connectivity index (χ0) is 38.1. The summed E-state index contributed by atoms with van der Waals surface area (Å²) in [6.45, 7) is 0. The van der Waals surface area contributed by atoms with Crippen LogP contribution >= 0.6 is 0 Å². The highest BCUT2D eigenvalue weighted by atomic mass is 19.4. The van der Waals surface area contributed by atoms with Gasteiger partial charge in [0.15, 0.2) is 0 Å². The topological polar surface area (TPSA) is 9.86 Å². The Bertz CT molecular complexity index is 3120. The van der Waals surface area contributed by atoms with E-state index in [1.807, 2.05) is 115 Å². The van der Waals surface area contributed by atoms with E-state index in [9.17, 15) is 0 Å². The molecule has 0 saturated heterocycles. The first kappa shape index (κ1) is 33.6. The number of benzene rings is 8. The van der Waals surface area contributed by atoms with E-state index in [1.165, 1.54) is 22.8 Å². The summed E-state index contributed by atoms with van der Waals surface area (Å²) in [6, 6.07) is 51.5. The van der Waals surface area contributed by atoms with Crippen LogP contribution in [0.5, 0.6) is 0 Å². The van der Waals surface area contributed by atoms with Crippen LogP contribution in [0.3, 0.4) is 0 Å². The quantitative estimate of drug-likeness (QED) is 0.156. The van der Waals surface area contributed by atoms with Crippen molar-refractivity contribution in [3.8, 4) is 44.8 Å². The number of halogens is 5. The Balaban J connectivity index is 1.36. The molecule has 2 heterocycles. The van der Waals surface area contributed by atoms with Gasteiger partial charge in [-0.05, 0) is 82.9 Å². The molecule has 56 heavy (non-hydrogen) atoms. The molecule has 0 fully saturated rings. The van der Waals surface area contributed by atoms with E-state index in [1.54, 1.807) is 34.9 Å². The predicted octanol–water partition coefficient (Wildman–Crippen LogP) is 14.2. The van der Waals surface area contributed by atoms with Crippen molar-refractivity contribution < 1.29 is 22.0 Å². The molecule has 10 aromatic rings. The van der Waals surface area contributed by atoms with Gasteiger partial charge in [-0.25, -0.2) is 8.78 Å². The second kappa shape index (κ2) is 12.8. The van der Waals surface area contributed by atoms with Crippen LogP contribution in [0.15, 0.2) is 176 Å². The molecule has 0 unspecified atom stereocenters. The van der Waals surface area contributed by atoms with Crippen molar-refractivity contribution in [3.05, 3.63) is 193 Å². The van der Waals surface area contributed by atoms with E-state index < -0.39 is 28.9 Å². The highest BCUT2D eigenvalue weighted by Gasteiger charge is 2.41. The molecule has 0 bridgehead atoms. The van der Waals surface area contributed by atoms with Gasteiger partial charge in [0, 0.05) is 27.1 Å². The van der Waals surface area contributed by atoms with Gasteiger partial charge in [0.1, 0.15) is 17.2 Å². The molecule has 2 nitrogen and oxygen atoms in total. The first-order valence-corrected chi connectivity index (χ1v) is 18.1. The Labute approximate surface area is 317 Å². The fourth-order valence-electron chi connectivity index (χ4n) is 8.30. The average molecular weight is 741 g/mol. The van der Waals surface area contributed by atoms with E-state index in [4.69, 9.17) is 0 Å². The van der Waals surface area contributed by atoms with Gasteiger partial charge in [0.2, 0.25) is 0 Å². The van der Waals surface area contributed by atoms with Crippen molar-refractivity contribution in [3.63, 3.8) is 0 Å². The zero-order valence-electron chi connectivity index (χ0n) is 29.5. The second-order valence-electron chi connectivity index (χ2n) is 13.9. The van der Waals surface area contributed by atoms with Crippen LogP contribution in [0.4, 0.5) is 22.0 Å². The van der Waals surface area contributed by atoms with Crippen molar-refractivity contribution in [1.29, 1.82) is 0 Å². The predicted molar refractivity (Wildman–Crippen MR) is 216 cm³/mol. The van der Waals surface area contributed by atoms with E-state index >= 15 is 22.0 Å². The summed E-state index contributed by atoms with van der Waals surface area (Å²) in [5.41, 5.74) is 3.43. The number of hydrogen-bond acceptors (Lipinski definition) is 0. The zero-order valence-corrected chi connectivity index (χ0v) is 29.5. The summed E-state index contributed by atoms with van der Waals surface area (Å²) in [6.07, 6.45) is -4.99. The molecule has 0 spiro atoms. The van der Waals surface area contributed by atoms with Gasteiger partial charge >= 0.3 is 6.18 Å². The minimum atomic E-state index is -4.99. The van der Waals surface area contributed by atoms with Gasteiger partial charge in [-0.3, -0.25) is 0 Å². The molecule has 2 aromatic heterocycles. The van der Waals surface area contributed by atoms with E-state index in [0.717, 1.165) is 45.2 Å². The SMILES string of the molecule is Fc1cccc(F)c1-c1ccc(-n2c3ccccc3c3cc(-c4ccccc4)ccc32)c(C(F)(F)F)c1-n1c2ccccc2c2cc(-c3ccccc3)ccc21. The molecule has 0 aliphatic carbocycles. The fourth-order valence-corrected chi connectivity index (χ4v) is 8.30. The van der Waals surface area contributed by atoms with Gasteiger partial charge in [-0.15, -0.1) is 0 Å². The van der Waals surface area contributed by atoms with Crippen LogP contribution in [-0.4, -0.2) is 9.13 Å². The second-order valence-corrected chi connectivity index (χ2v) is 13.9. The Hall–Kier alpha value is -6.99. The largest absolute Gasteiger partial charge is 0.420 e. The third-order valence-corrected chi connectivity index (χ3v) is 10.7. The molecule has 0 saturated carbocycles. The van der Waals surface area contributed by atoms with Crippen LogP contribution in [-0.2, 0) is 6.18 Å². The molecule has 0 N–H and O–H groups in total. The number of hydrogen-bond donors (Lipinski definition) is 0. The van der Waals surface area contributed by atoms with Gasteiger partial charge in [0.05, 0.1) is 39.0 Å². The number of aromatic nitrogens is 2. The number of rotatable bonds is 5. The van der Waals surface area contributed by atoms with Gasteiger partial charge in [-0.2, -0.15) is 13.2 Å². The molecular weight excluding hydrogens is 712 g/mol. The third-order valence-electron chi connectivity index (χ3n) is 10.7. The van der Waals surface area contributed by atoms with E-state index in [2.05, 4.69) is 0 Å². The van der Waals surface area contributed by atoms with Crippen LogP contribution in [0.25, 0.3) is 88.4 Å². The molecule has 0 radical (unpaired) electrons. The molecule has 7 heteroatoms. The summed E-state index contributed by atoms with van der Waals surface area (Å²) >= 11 is 0. The minimum Gasteiger partial charge on any atom is -0.309 e. The lowest BCUT2D eigenvalue weighted by molar-refractivity contribution is -0.137. The maximum atomic E-state index is 16.3. The Kier molecular flexibility index (Phi) is 7.68. The normalized spacial score (nSPS) is 12.0. The molecule has 10 rings (SSSR count). The minimum absolute atomic E-state index is 0.168. The first-order chi connectivity index (χ1) is 27.3. The Morgan fingerprint density at radius 1 is 0.375 bits per heavy atom. The number of alkyl halides is 3. The van der Waals surface area contributed by atoms with Gasteiger partial charge in [-0.1, -0.05) is 115 Å². The van der Waals surface area contributed by atoms with Crippen molar-refractivity contribution in [2.75, 3.05) is 0 Å². The average Bonchev–Trinajstić information content (AvgIpc) is 3.73. The summed E-state index contributed by atoms with van der Waals surface area (Å²) in [5, 5.41) is 2.94. The maximum Gasteiger partial charge on any atom is 0.420 e. The van der Waals surface area contributed by atoms with Crippen molar-refractivity contribution in [2.24, 2.45) is 0 Å². The van der Waals surface area contributed by atoms with Crippen LogP contribution in [0.1, 0.15) is 5.56 Å². The van der Waals surface area contributed by atoms with Crippen molar-refractivity contribution >= 4 is 43.6 Å². The lowest BCUT2D eigenvalue weighted by Crippen LogP contribution is -2.17. The summed E-state index contributed by atoms with van der Waals surface area (Å²) in [5.74, 6) is -1.94. The lowest BCUT2D eigenvalue weighted by Gasteiger charge is -2.24. The Morgan fingerprint density at radius 2 is 0.839 bits per heavy atom. The van der Waals surface area contributed by atoms with E-state index in [0.29, 0.717) is 32.8 Å². The lowest BCUT2D eigenvalue weighted by atomic mass is 9.96. The molecule has 0 amide bonds. The standard InChI is InChI=1S/C49H29F5N2/c50-39-18-11-19-40(51)46(39)36-24-27-45(55-41-20-9-7-16-34(41)37-28-32(22-25-43(37)55)30-12-3-1-4-13-30)47(49(52,53)54)48(36)56-42-21-10-8-17-35(42)38-29-33(23-26-44(38)56)31-14-5-2-6-15-31/h1-29H. The molecule has 8 aromatic carbocycles. The van der Waals surface area contributed by atoms with Crippen molar-refractivity contribution in [2.45, 2.75) is 6.18 Å². The van der Waals surface area contributed by atoms with Crippen LogP contribution in [0, 0.1) is 11.6 Å². The summed E-state index contributed by atoms with van der Waals surface area (Å²) < 4.78 is 84.0. The number of nitrogens with zero attached hydrogens (tertiary/aromatic N) is 2. The fraction of sp³-hybridized carbons (Fsp3) is 0.0204. The highest BCUT2D eigenvalue weighted by molar-refractivity contribution is 6.12. The maximum absolute atomic E-state index is 16.3. The smallest absolute Gasteiger partial charge is 0.309 e. The molecule has 270 valence electrons. The first-order valence-electron chi connectivity index (χ1n) is 18.1. The summed E-state index contributed by atoms with van der Waals surface area (Å²) in [4.78, 5) is 0. The molecule has 0 atom stereocenters. The van der Waals surface area contributed by atoms with E-state index in [-0.39, 0.29) is 16.9 Å². The van der Waals surface area contributed by atoms with Gasteiger partial charge in [0.25, 0.3) is 0 Å². The molecular formula is C49H29F5N2. The van der Waals surface area contributed by atoms with Crippen LogP contribution < -0.4 is 0 Å². The van der Waals surface area contributed by atoms with Crippen molar-refractivity contribution in [1.82, 2.24) is 9.13 Å². The number of fused-ring (bicyclic) bond motifs is 6.